The van der Waals surface area contributed by atoms with Crippen molar-refractivity contribution in [2.75, 3.05) is 17.7 Å². The molecule has 0 aliphatic carbocycles. The van der Waals surface area contributed by atoms with Gasteiger partial charge in [-0.15, -0.1) is 5.10 Å². The number of hydrogen-bond donors (Lipinski definition) is 2. The fourth-order valence-corrected chi connectivity index (χ4v) is 3.09. The van der Waals surface area contributed by atoms with Crippen LogP contribution in [0.5, 0.6) is 5.75 Å². The van der Waals surface area contributed by atoms with Gasteiger partial charge in [0.2, 0.25) is 0 Å². The molecule has 4 rings (SSSR count). The van der Waals surface area contributed by atoms with Gasteiger partial charge in [0, 0.05) is 22.5 Å². The second kappa shape index (κ2) is 9.09. The number of anilines is 2. The summed E-state index contributed by atoms with van der Waals surface area (Å²) in [7, 11) is 1.55. The molecule has 0 aliphatic heterocycles. The molecule has 1 heterocycles. The van der Waals surface area contributed by atoms with Gasteiger partial charge in [0.25, 0.3) is 11.8 Å². The maximum atomic E-state index is 12.7. The van der Waals surface area contributed by atoms with Crippen molar-refractivity contribution in [1.82, 2.24) is 20.2 Å². The monoisotopic (exact) mass is 428 g/mol. The summed E-state index contributed by atoms with van der Waals surface area (Å²) in [6.07, 6.45) is 0. The van der Waals surface area contributed by atoms with Crippen LogP contribution < -0.4 is 15.4 Å². The van der Waals surface area contributed by atoms with Crippen molar-refractivity contribution in [1.29, 1.82) is 0 Å². The molecule has 9 nitrogen and oxygen atoms in total. The van der Waals surface area contributed by atoms with Gasteiger partial charge in [-0.2, -0.15) is 4.68 Å². The first kappa shape index (κ1) is 20.7. The molecule has 0 fully saturated rings. The van der Waals surface area contributed by atoms with E-state index in [2.05, 4.69) is 26.2 Å². The SMILES string of the molecule is COc1ccc(NC(=O)c2ccc(NC(=O)c3ccccc3)cc2)cc1-n1nnnc1C. The second-order valence-corrected chi connectivity index (χ2v) is 6.88. The van der Waals surface area contributed by atoms with E-state index in [4.69, 9.17) is 4.74 Å². The molecule has 1 aromatic heterocycles. The third-order valence-electron chi connectivity index (χ3n) is 4.73. The van der Waals surface area contributed by atoms with Crippen molar-refractivity contribution in [2.24, 2.45) is 0 Å². The summed E-state index contributed by atoms with van der Waals surface area (Å²) < 4.78 is 6.91. The summed E-state index contributed by atoms with van der Waals surface area (Å²) in [5.74, 6) is 0.638. The van der Waals surface area contributed by atoms with Crippen molar-refractivity contribution in [3.63, 3.8) is 0 Å². The van der Waals surface area contributed by atoms with Crippen LogP contribution in [-0.2, 0) is 0 Å². The zero-order valence-electron chi connectivity index (χ0n) is 17.4. The largest absolute Gasteiger partial charge is 0.494 e. The topological polar surface area (TPSA) is 111 Å². The van der Waals surface area contributed by atoms with E-state index in [1.54, 1.807) is 80.8 Å². The number of rotatable bonds is 6. The third kappa shape index (κ3) is 4.46. The first-order chi connectivity index (χ1) is 15.5. The highest BCUT2D eigenvalue weighted by atomic mass is 16.5. The Morgan fingerprint density at radius 2 is 1.47 bits per heavy atom. The van der Waals surface area contributed by atoms with Gasteiger partial charge in [-0.25, -0.2) is 0 Å². The van der Waals surface area contributed by atoms with Crippen LogP contribution in [0.1, 0.15) is 26.5 Å². The van der Waals surface area contributed by atoms with E-state index in [0.29, 0.717) is 39.8 Å². The lowest BCUT2D eigenvalue weighted by Crippen LogP contribution is -2.14. The lowest BCUT2D eigenvalue weighted by atomic mass is 10.1. The van der Waals surface area contributed by atoms with Crippen LogP contribution in [-0.4, -0.2) is 39.1 Å². The predicted octanol–water partition coefficient (Wildman–Crippen LogP) is 3.48. The van der Waals surface area contributed by atoms with Crippen LogP contribution in [0, 0.1) is 6.92 Å². The van der Waals surface area contributed by atoms with E-state index >= 15 is 0 Å². The molecule has 32 heavy (non-hydrogen) atoms. The number of carbonyl (C=O) groups is 2. The second-order valence-electron chi connectivity index (χ2n) is 6.88. The van der Waals surface area contributed by atoms with E-state index in [1.807, 2.05) is 6.07 Å². The zero-order chi connectivity index (χ0) is 22.5. The summed E-state index contributed by atoms with van der Waals surface area (Å²) >= 11 is 0. The van der Waals surface area contributed by atoms with Crippen molar-refractivity contribution >= 4 is 23.2 Å². The molecular formula is C23H20N6O3. The van der Waals surface area contributed by atoms with Crippen LogP contribution in [0.15, 0.2) is 72.8 Å². The molecule has 2 N–H and O–H groups in total. The van der Waals surface area contributed by atoms with Crippen LogP contribution in [0.4, 0.5) is 11.4 Å². The Hall–Kier alpha value is -4.53. The minimum absolute atomic E-state index is 0.216. The lowest BCUT2D eigenvalue weighted by Gasteiger charge is -2.12. The highest BCUT2D eigenvalue weighted by molar-refractivity contribution is 6.06. The third-order valence-corrected chi connectivity index (χ3v) is 4.73. The van der Waals surface area contributed by atoms with Crippen molar-refractivity contribution < 1.29 is 14.3 Å². The normalized spacial score (nSPS) is 10.4. The molecule has 0 unspecified atom stereocenters. The fraction of sp³-hybridized carbons (Fsp3) is 0.0870. The number of hydrogen-bond acceptors (Lipinski definition) is 6. The highest BCUT2D eigenvalue weighted by Crippen LogP contribution is 2.26. The van der Waals surface area contributed by atoms with Crippen molar-refractivity contribution in [2.45, 2.75) is 6.92 Å². The fourth-order valence-electron chi connectivity index (χ4n) is 3.09. The van der Waals surface area contributed by atoms with E-state index in [1.165, 1.54) is 4.68 Å². The molecule has 0 atom stereocenters. The average molecular weight is 428 g/mol. The minimum atomic E-state index is -0.296. The molecule has 2 amide bonds. The molecule has 0 aliphatic rings. The van der Waals surface area contributed by atoms with Crippen LogP contribution >= 0.6 is 0 Å². The number of aryl methyl sites for hydroxylation is 1. The number of amides is 2. The Bertz CT molecular complexity index is 1250. The Kier molecular flexibility index (Phi) is 5.89. The standard InChI is InChI=1S/C23H20N6O3/c1-15-26-27-28-29(15)20-14-19(12-13-21(20)32-2)25-23(31)17-8-10-18(11-9-17)24-22(30)16-6-4-3-5-7-16/h3-14H,1-2H3,(H,24,30)(H,25,31). The molecule has 0 bridgehead atoms. The number of aromatic nitrogens is 4. The average Bonchev–Trinajstić information content (AvgIpc) is 3.25. The van der Waals surface area contributed by atoms with Crippen molar-refractivity contribution in [3.8, 4) is 11.4 Å². The first-order valence-electron chi connectivity index (χ1n) is 9.76. The van der Waals surface area contributed by atoms with E-state index in [-0.39, 0.29) is 11.8 Å². The first-order valence-corrected chi connectivity index (χ1v) is 9.76. The maximum Gasteiger partial charge on any atom is 0.255 e. The molecule has 160 valence electrons. The van der Waals surface area contributed by atoms with E-state index in [9.17, 15) is 9.59 Å². The molecule has 0 saturated carbocycles. The van der Waals surface area contributed by atoms with Crippen LogP contribution in [0.3, 0.4) is 0 Å². The highest BCUT2D eigenvalue weighted by Gasteiger charge is 2.13. The molecule has 0 radical (unpaired) electrons. The van der Waals surface area contributed by atoms with Crippen LogP contribution in [0.25, 0.3) is 5.69 Å². The summed E-state index contributed by atoms with van der Waals surface area (Å²) in [6.45, 7) is 1.77. The molecule has 3 aromatic carbocycles. The summed E-state index contributed by atoms with van der Waals surface area (Å²) in [5.41, 5.74) is 2.76. The van der Waals surface area contributed by atoms with Gasteiger partial charge in [-0.3, -0.25) is 9.59 Å². The molecule has 4 aromatic rings. The van der Waals surface area contributed by atoms with Crippen LogP contribution in [0.2, 0.25) is 0 Å². The predicted molar refractivity (Wildman–Crippen MR) is 119 cm³/mol. The molecule has 0 spiro atoms. The smallest absolute Gasteiger partial charge is 0.255 e. The number of benzene rings is 3. The molecule has 0 saturated heterocycles. The number of tetrazole rings is 1. The zero-order valence-corrected chi connectivity index (χ0v) is 17.4. The minimum Gasteiger partial charge on any atom is -0.494 e. The lowest BCUT2D eigenvalue weighted by molar-refractivity contribution is 0.102. The van der Waals surface area contributed by atoms with E-state index < -0.39 is 0 Å². The van der Waals surface area contributed by atoms with Gasteiger partial charge in [0.05, 0.1) is 7.11 Å². The number of ether oxygens (including phenoxy) is 1. The summed E-state index contributed by atoms with van der Waals surface area (Å²) in [5, 5.41) is 17.2. The van der Waals surface area contributed by atoms with E-state index in [0.717, 1.165) is 0 Å². The maximum absolute atomic E-state index is 12.7. The van der Waals surface area contributed by atoms with Gasteiger partial charge in [0.15, 0.2) is 5.82 Å². The molecule has 9 heteroatoms. The van der Waals surface area contributed by atoms with Gasteiger partial charge >= 0.3 is 0 Å². The van der Waals surface area contributed by atoms with Gasteiger partial charge in [-0.1, -0.05) is 18.2 Å². The Labute approximate surface area is 184 Å². The number of nitrogens with zero attached hydrogens (tertiary/aromatic N) is 4. The summed E-state index contributed by atoms with van der Waals surface area (Å²) in [4.78, 5) is 25.0. The van der Waals surface area contributed by atoms with Gasteiger partial charge in [0.1, 0.15) is 11.4 Å². The molecular weight excluding hydrogens is 408 g/mol. The Morgan fingerprint density at radius 3 is 2.09 bits per heavy atom. The Balaban J connectivity index is 1.47. The quantitative estimate of drug-likeness (QED) is 0.486. The number of nitrogens with one attached hydrogen (secondary N) is 2. The number of methoxy groups -OCH3 is 1. The Morgan fingerprint density at radius 1 is 0.844 bits per heavy atom. The van der Waals surface area contributed by atoms with Gasteiger partial charge in [-0.05, 0) is 71.9 Å². The number of carbonyl (C=O) groups excluding carboxylic acids is 2. The van der Waals surface area contributed by atoms with Crippen molar-refractivity contribution in [3.05, 3.63) is 89.7 Å². The summed E-state index contributed by atoms with van der Waals surface area (Å²) in [6, 6.07) is 20.8. The van der Waals surface area contributed by atoms with Gasteiger partial charge < -0.3 is 15.4 Å².